The third-order valence-corrected chi connectivity index (χ3v) is 9.42. The molecule has 2 aliphatic carbocycles. The zero-order chi connectivity index (χ0) is 27.6. The van der Waals surface area contributed by atoms with Crippen molar-refractivity contribution in [1.82, 2.24) is 24.5 Å². The van der Waals surface area contributed by atoms with Gasteiger partial charge in [-0.3, -0.25) is 0 Å². The molecule has 1 saturated heterocycles. The van der Waals surface area contributed by atoms with Crippen molar-refractivity contribution in [2.24, 2.45) is 11.7 Å². The molecule has 2 aromatic rings. The standard InChI is InChI=1S/C31H54N8O/c1-2-3-21-40-22-9-5-4-6-10-24-17-19-38(20-18-24)37-29-28-30(39(23-33-28)27-11-7-8-12-27)36-31(35-29)34-26-15-13-25(32)14-16-26/h23-27H,2-22,32H2,1H3,(H2,34,35,36,37). The third kappa shape index (κ3) is 8.29. The minimum absolute atomic E-state index is 0.334. The Labute approximate surface area is 241 Å². The zero-order valence-corrected chi connectivity index (χ0v) is 25.0. The molecule has 3 aliphatic rings. The van der Waals surface area contributed by atoms with Crippen LogP contribution in [0.25, 0.3) is 11.2 Å². The van der Waals surface area contributed by atoms with E-state index in [4.69, 9.17) is 25.4 Å². The molecule has 2 saturated carbocycles. The van der Waals surface area contributed by atoms with Crippen molar-refractivity contribution in [3.63, 3.8) is 0 Å². The first-order chi connectivity index (χ1) is 19.7. The van der Waals surface area contributed by atoms with E-state index in [0.29, 0.717) is 18.1 Å². The van der Waals surface area contributed by atoms with Gasteiger partial charge in [0.05, 0.1) is 6.33 Å². The molecule has 9 nitrogen and oxygen atoms in total. The Kier molecular flexibility index (Phi) is 11.3. The van der Waals surface area contributed by atoms with Crippen molar-refractivity contribution < 1.29 is 4.74 Å². The number of hydrazine groups is 1. The summed E-state index contributed by atoms with van der Waals surface area (Å²) in [4.78, 5) is 14.8. The Bertz CT molecular complexity index is 1010. The van der Waals surface area contributed by atoms with Gasteiger partial charge in [-0.25, -0.2) is 9.99 Å². The number of hydrogen-bond donors (Lipinski definition) is 3. The van der Waals surface area contributed by atoms with Crippen LogP contribution in [0.5, 0.6) is 0 Å². The van der Waals surface area contributed by atoms with Crippen molar-refractivity contribution in [3.05, 3.63) is 6.33 Å². The number of piperidine rings is 1. The van der Waals surface area contributed by atoms with E-state index in [2.05, 4.69) is 27.2 Å². The van der Waals surface area contributed by atoms with Crippen molar-refractivity contribution in [2.45, 2.75) is 134 Å². The highest BCUT2D eigenvalue weighted by molar-refractivity contribution is 5.84. The Morgan fingerprint density at radius 1 is 0.900 bits per heavy atom. The average molecular weight is 555 g/mol. The second-order valence-corrected chi connectivity index (χ2v) is 12.6. The quantitative estimate of drug-likeness (QED) is 0.216. The summed E-state index contributed by atoms with van der Waals surface area (Å²) in [6, 6.07) is 1.22. The first-order valence-electron chi connectivity index (χ1n) is 16.6. The molecule has 0 unspecified atom stereocenters. The Morgan fingerprint density at radius 2 is 1.65 bits per heavy atom. The molecule has 9 heteroatoms. The molecule has 0 atom stereocenters. The van der Waals surface area contributed by atoms with Crippen LogP contribution in [0, 0.1) is 5.92 Å². The molecule has 4 N–H and O–H groups in total. The molecule has 3 fully saturated rings. The lowest BCUT2D eigenvalue weighted by atomic mass is 9.92. The fraction of sp³-hybridized carbons (Fsp3) is 0.839. The Balaban J connectivity index is 1.14. The van der Waals surface area contributed by atoms with Crippen molar-refractivity contribution in [2.75, 3.05) is 37.0 Å². The van der Waals surface area contributed by atoms with Crippen molar-refractivity contribution in [1.29, 1.82) is 0 Å². The van der Waals surface area contributed by atoms with Crippen LogP contribution in [0.3, 0.4) is 0 Å². The summed E-state index contributed by atoms with van der Waals surface area (Å²) in [6.07, 6.45) is 22.7. The van der Waals surface area contributed by atoms with Crippen molar-refractivity contribution in [3.8, 4) is 0 Å². The summed E-state index contributed by atoms with van der Waals surface area (Å²) in [7, 11) is 0. The molecule has 0 radical (unpaired) electrons. The van der Waals surface area contributed by atoms with E-state index in [-0.39, 0.29) is 0 Å². The monoisotopic (exact) mass is 554 g/mol. The van der Waals surface area contributed by atoms with E-state index >= 15 is 0 Å². The molecule has 0 amide bonds. The lowest BCUT2D eigenvalue weighted by molar-refractivity contribution is 0.127. The summed E-state index contributed by atoms with van der Waals surface area (Å²) < 4.78 is 8.00. The van der Waals surface area contributed by atoms with Gasteiger partial charge in [0, 0.05) is 44.4 Å². The number of imidazole rings is 1. The number of anilines is 2. The SMILES string of the molecule is CCCCOCCCCCCC1CCN(Nc2nc(NC3CCC(N)CC3)nc3c2ncn3C2CCCC2)CC1. The van der Waals surface area contributed by atoms with Crippen molar-refractivity contribution >= 4 is 22.9 Å². The Hall–Kier alpha value is -1.97. The van der Waals surface area contributed by atoms with E-state index in [1.807, 2.05) is 6.33 Å². The van der Waals surface area contributed by atoms with Gasteiger partial charge >= 0.3 is 0 Å². The van der Waals surface area contributed by atoms with E-state index in [0.717, 1.165) is 80.8 Å². The molecule has 3 heterocycles. The van der Waals surface area contributed by atoms with E-state index < -0.39 is 0 Å². The highest BCUT2D eigenvalue weighted by Gasteiger charge is 2.25. The van der Waals surface area contributed by atoms with Crippen LogP contribution < -0.4 is 16.5 Å². The summed E-state index contributed by atoms with van der Waals surface area (Å²) >= 11 is 0. The number of unbranched alkanes of at least 4 members (excludes halogenated alkanes) is 4. The number of nitrogens with one attached hydrogen (secondary N) is 2. The van der Waals surface area contributed by atoms with E-state index in [9.17, 15) is 0 Å². The van der Waals surface area contributed by atoms with Gasteiger partial charge in [-0.2, -0.15) is 9.97 Å². The molecule has 0 spiro atoms. The van der Waals surface area contributed by atoms with Gasteiger partial charge < -0.3 is 25.8 Å². The molecule has 40 heavy (non-hydrogen) atoms. The Morgan fingerprint density at radius 3 is 2.42 bits per heavy atom. The van der Waals surface area contributed by atoms with Crippen LogP contribution in [0.4, 0.5) is 11.8 Å². The second-order valence-electron chi connectivity index (χ2n) is 12.6. The van der Waals surface area contributed by atoms with Gasteiger partial charge in [0.25, 0.3) is 0 Å². The maximum absolute atomic E-state index is 6.15. The fourth-order valence-electron chi connectivity index (χ4n) is 6.78. The summed E-state index contributed by atoms with van der Waals surface area (Å²) in [5.41, 5.74) is 11.7. The van der Waals surface area contributed by atoms with Gasteiger partial charge in [0.2, 0.25) is 5.95 Å². The zero-order valence-electron chi connectivity index (χ0n) is 25.0. The largest absolute Gasteiger partial charge is 0.381 e. The first kappa shape index (κ1) is 29.5. The fourth-order valence-corrected chi connectivity index (χ4v) is 6.78. The molecule has 0 aromatic carbocycles. The minimum Gasteiger partial charge on any atom is -0.381 e. The summed E-state index contributed by atoms with van der Waals surface area (Å²) in [6.45, 7) is 6.18. The van der Waals surface area contributed by atoms with E-state index in [1.54, 1.807) is 0 Å². The van der Waals surface area contributed by atoms with E-state index in [1.165, 1.54) is 83.5 Å². The van der Waals surface area contributed by atoms with Crippen LogP contribution in [0.2, 0.25) is 0 Å². The second kappa shape index (κ2) is 15.3. The number of nitrogens with two attached hydrogens (primary N) is 1. The lowest BCUT2D eigenvalue weighted by Gasteiger charge is -2.32. The number of nitrogens with zero attached hydrogens (tertiary/aromatic N) is 5. The van der Waals surface area contributed by atoms with Crippen LogP contribution in [-0.2, 0) is 4.74 Å². The number of aromatic nitrogens is 4. The predicted octanol–water partition coefficient (Wildman–Crippen LogP) is 6.43. The van der Waals surface area contributed by atoms with Crippen LogP contribution in [-0.4, -0.2) is 62.9 Å². The predicted molar refractivity (Wildman–Crippen MR) is 163 cm³/mol. The average Bonchev–Trinajstić information content (AvgIpc) is 3.65. The van der Waals surface area contributed by atoms with Crippen LogP contribution in [0.1, 0.15) is 122 Å². The highest BCUT2D eigenvalue weighted by Crippen LogP contribution is 2.34. The maximum Gasteiger partial charge on any atom is 0.227 e. The molecule has 5 rings (SSSR count). The van der Waals surface area contributed by atoms with Crippen LogP contribution in [0.15, 0.2) is 6.33 Å². The lowest BCUT2D eigenvalue weighted by Crippen LogP contribution is -2.38. The maximum atomic E-state index is 6.15. The first-order valence-corrected chi connectivity index (χ1v) is 16.6. The highest BCUT2D eigenvalue weighted by atomic mass is 16.5. The van der Waals surface area contributed by atoms with Gasteiger partial charge in [0.15, 0.2) is 17.0 Å². The number of ether oxygens (including phenoxy) is 1. The third-order valence-electron chi connectivity index (χ3n) is 9.42. The molecule has 0 bridgehead atoms. The molecular weight excluding hydrogens is 500 g/mol. The van der Waals surface area contributed by atoms with Crippen LogP contribution >= 0.6 is 0 Å². The van der Waals surface area contributed by atoms with Gasteiger partial charge in [-0.15, -0.1) is 0 Å². The molecular formula is C31H54N8O. The smallest absolute Gasteiger partial charge is 0.227 e. The van der Waals surface area contributed by atoms with Gasteiger partial charge in [0.1, 0.15) is 0 Å². The molecule has 224 valence electrons. The summed E-state index contributed by atoms with van der Waals surface area (Å²) in [5.74, 6) is 2.40. The number of rotatable bonds is 15. The number of hydrogen-bond acceptors (Lipinski definition) is 8. The number of fused-ring (bicyclic) bond motifs is 1. The summed E-state index contributed by atoms with van der Waals surface area (Å²) in [5, 5.41) is 6.00. The van der Waals surface area contributed by atoms with Gasteiger partial charge in [-0.05, 0) is 70.1 Å². The topological polar surface area (TPSA) is 106 Å². The normalized spacial score (nSPS) is 23.2. The van der Waals surface area contributed by atoms with Gasteiger partial charge in [-0.1, -0.05) is 51.9 Å². The molecule has 1 aliphatic heterocycles. The molecule has 2 aromatic heterocycles. The minimum atomic E-state index is 0.334.